The second-order valence-corrected chi connectivity index (χ2v) is 6.98. The van der Waals surface area contributed by atoms with Gasteiger partial charge in [-0.3, -0.25) is 4.79 Å². The third-order valence-corrected chi connectivity index (χ3v) is 5.38. The van der Waals surface area contributed by atoms with E-state index in [-0.39, 0.29) is 5.91 Å². The number of aryl methyl sites for hydroxylation is 1. The molecular weight excluding hydrogens is 336 g/mol. The Hall–Kier alpha value is -3.21. The molecule has 2 aromatic carbocycles. The molecule has 0 saturated carbocycles. The average Bonchev–Trinajstić information content (AvgIpc) is 3.17. The van der Waals surface area contributed by atoms with Gasteiger partial charge in [0.2, 0.25) is 0 Å². The Bertz CT molecular complexity index is 999. The Morgan fingerprint density at radius 1 is 0.815 bits per heavy atom. The van der Waals surface area contributed by atoms with Gasteiger partial charge >= 0.3 is 0 Å². The summed E-state index contributed by atoms with van der Waals surface area (Å²) in [5, 5.41) is 0. The molecule has 1 amide bonds. The number of anilines is 3. The summed E-state index contributed by atoms with van der Waals surface area (Å²) >= 11 is 0. The molecule has 5 heteroatoms. The number of aromatic nitrogens is 2. The van der Waals surface area contributed by atoms with Crippen LogP contribution in [0.15, 0.2) is 60.9 Å². The second kappa shape index (κ2) is 6.50. The van der Waals surface area contributed by atoms with E-state index in [0.717, 1.165) is 37.3 Å². The number of rotatable bonds is 2. The van der Waals surface area contributed by atoms with Gasteiger partial charge in [0, 0.05) is 24.5 Å². The normalized spacial score (nSPS) is 15.4. The zero-order valence-corrected chi connectivity index (χ0v) is 15.0. The highest BCUT2D eigenvalue weighted by Crippen LogP contribution is 2.32. The largest absolute Gasteiger partial charge is 0.325 e. The standard InChI is InChI=1S/C22H20N4O/c27-22(26-13-11-17-7-2-4-10-20(17)26)18-14-24-21(15-23-18)25-12-5-8-16-6-1-3-9-19(16)25/h1-4,6-7,9-10,14-15H,5,8,11-13H2. The first-order valence-corrected chi connectivity index (χ1v) is 9.38. The van der Waals surface area contributed by atoms with Crippen molar-refractivity contribution in [2.75, 3.05) is 22.9 Å². The third-order valence-electron chi connectivity index (χ3n) is 5.38. The molecular formula is C22H20N4O. The molecule has 2 aliphatic rings. The summed E-state index contributed by atoms with van der Waals surface area (Å²) < 4.78 is 0. The molecule has 0 atom stereocenters. The molecule has 0 fully saturated rings. The van der Waals surface area contributed by atoms with Crippen molar-refractivity contribution in [3.05, 3.63) is 77.7 Å². The Balaban J connectivity index is 1.41. The van der Waals surface area contributed by atoms with Crippen LogP contribution in [0.2, 0.25) is 0 Å². The molecule has 134 valence electrons. The van der Waals surface area contributed by atoms with Crippen molar-refractivity contribution in [1.29, 1.82) is 0 Å². The Morgan fingerprint density at radius 3 is 2.33 bits per heavy atom. The fourth-order valence-electron chi connectivity index (χ4n) is 4.03. The van der Waals surface area contributed by atoms with E-state index in [1.54, 1.807) is 17.3 Å². The van der Waals surface area contributed by atoms with Gasteiger partial charge in [-0.2, -0.15) is 0 Å². The first-order valence-electron chi connectivity index (χ1n) is 9.38. The molecule has 3 aromatic rings. The van der Waals surface area contributed by atoms with E-state index in [4.69, 9.17) is 0 Å². The molecule has 0 N–H and O–H groups in total. The SMILES string of the molecule is O=C(c1cnc(N2CCCc3ccccc32)cn1)N1CCc2ccccc21. The molecule has 0 saturated heterocycles. The molecule has 0 aliphatic carbocycles. The maximum atomic E-state index is 12.9. The summed E-state index contributed by atoms with van der Waals surface area (Å²) in [5.74, 6) is 0.707. The Kier molecular flexibility index (Phi) is 3.85. The predicted molar refractivity (Wildman–Crippen MR) is 106 cm³/mol. The zero-order valence-electron chi connectivity index (χ0n) is 15.0. The van der Waals surface area contributed by atoms with Crippen LogP contribution in [-0.2, 0) is 12.8 Å². The van der Waals surface area contributed by atoms with Crippen LogP contribution < -0.4 is 9.80 Å². The second-order valence-electron chi connectivity index (χ2n) is 6.98. The fraction of sp³-hybridized carbons (Fsp3) is 0.227. The van der Waals surface area contributed by atoms with Crippen molar-refractivity contribution in [2.45, 2.75) is 19.3 Å². The van der Waals surface area contributed by atoms with E-state index in [1.165, 1.54) is 16.8 Å². The van der Waals surface area contributed by atoms with Gasteiger partial charge in [0.25, 0.3) is 5.91 Å². The summed E-state index contributed by atoms with van der Waals surface area (Å²) in [6.07, 6.45) is 6.39. The van der Waals surface area contributed by atoms with Gasteiger partial charge in [-0.15, -0.1) is 0 Å². The van der Waals surface area contributed by atoms with Crippen molar-refractivity contribution in [3.8, 4) is 0 Å². The van der Waals surface area contributed by atoms with Crippen LogP contribution in [0.25, 0.3) is 0 Å². The van der Waals surface area contributed by atoms with Crippen LogP contribution in [0.1, 0.15) is 28.0 Å². The number of carbonyl (C=O) groups is 1. The molecule has 27 heavy (non-hydrogen) atoms. The molecule has 5 nitrogen and oxygen atoms in total. The van der Waals surface area contributed by atoms with Crippen molar-refractivity contribution in [3.63, 3.8) is 0 Å². The summed E-state index contributed by atoms with van der Waals surface area (Å²) in [4.78, 5) is 25.9. The van der Waals surface area contributed by atoms with E-state index in [9.17, 15) is 4.79 Å². The first kappa shape index (κ1) is 16.0. The number of hydrogen-bond acceptors (Lipinski definition) is 4. The first-order chi connectivity index (χ1) is 13.3. The maximum Gasteiger partial charge on any atom is 0.278 e. The number of benzene rings is 2. The highest BCUT2D eigenvalue weighted by molar-refractivity contribution is 6.05. The fourth-order valence-corrected chi connectivity index (χ4v) is 4.03. The molecule has 3 heterocycles. The lowest BCUT2D eigenvalue weighted by Crippen LogP contribution is -2.30. The van der Waals surface area contributed by atoms with Gasteiger partial charge in [0.05, 0.1) is 12.4 Å². The molecule has 5 rings (SSSR count). The van der Waals surface area contributed by atoms with E-state index < -0.39 is 0 Å². The van der Waals surface area contributed by atoms with Crippen molar-refractivity contribution < 1.29 is 4.79 Å². The van der Waals surface area contributed by atoms with Gasteiger partial charge in [0.15, 0.2) is 5.82 Å². The quantitative estimate of drug-likeness (QED) is 0.701. The minimum Gasteiger partial charge on any atom is -0.325 e. The van der Waals surface area contributed by atoms with Crippen molar-refractivity contribution in [2.24, 2.45) is 0 Å². The van der Waals surface area contributed by atoms with Crippen LogP contribution in [0.5, 0.6) is 0 Å². The van der Waals surface area contributed by atoms with Crippen LogP contribution in [0.3, 0.4) is 0 Å². The van der Waals surface area contributed by atoms with E-state index >= 15 is 0 Å². The maximum absolute atomic E-state index is 12.9. The monoisotopic (exact) mass is 356 g/mol. The number of hydrogen-bond donors (Lipinski definition) is 0. The average molecular weight is 356 g/mol. The van der Waals surface area contributed by atoms with Crippen molar-refractivity contribution in [1.82, 2.24) is 9.97 Å². The minimum absolute atomic E-state index is 0.0851. The molecule has 0 spiro atoms. The molecule has 0 unspecified atom stereocenters. The van der Waals surface area contributed by atoms with Crippen LogP contribution in [0, 0.1) is 0 Å². The van der Waals surface area contributed by atoms with Gasteiger partial charge < -0.3 is 9.80 Å². The van der Waals surface area contributed by atoms with Crippen molar-refractivity contribution >= 4 is 23.1 Å². The summed E-state index contributed by atoms with van der Waals surface area (Å²) in [6.45, 7) is 1.61. The molecule has 0 radical (unpaired) electrons. The number of amides is 1. The third kappa shape index (κ3) is 2.76. The van der Waals surface area contributed by atoms with Crippen LogP contribution >= 0.6 is 0 Å². The topological polar surface area (TPSA) is 49.3 Å². The predicted octanol–water partition coefficient (Wildman–Crippen LogP) is 3.76. The molecule has 1 aromatic heterocycles. The summed E-state index contributed by atoms with van der Waals surface area (Å²) in [7, 11) is 0. The van der Waals surface area contributed by atoms with E-state index in [2.05, 4.69) is 39.1 Å². The van der Waals surface area contributed by atoms with Gasteiger partial charge in [-0.25, -0.2) is 9.97 Å². The minimum atomic E-state index is -0.0851. The lowest BCUT2D eigenvalue weighted by atomic mass is 10.0. The summed E-state index contributed by atoms with van der Waals surface area (Å²) in [6, 6.07) is 16.5. The highest BCUT2D eigenvalue weighted by atomic mass is 16.2. The smallest absolute Gasteiger partial charge is 0.278 e. The van der Waals surface area contributed by atoms with Gasteiger partial charge in [0.1, 0.15) is 5.69 Å². The number of nitrogens with zero attached hydrogens (tertiary/aromatic N) is 4. The summed E-state index contributed by atoms with van der Waals surface area (Å²) in [5.41, 5.74) is 5.10. The van der Waals surface area contributed by atoms with Gasteiger partial charge in [-0.05, 0) is 42.5 Å². The van der Waals surface area contributed by atoms with E-state index in [0.29, 0.717) is 12.2 Å². The molecule has 2 aliphatic heterocycles. The molecule has 0 bridgehead atoms. The van der Waals surface area contributed by atoms with Crippen LogP contribution in [-0.4, -0.2) is 29.0 Å². The number of carbonyl (C=O) groups excluding carboxylic acids is 1. The Labute approximate surface area is 158 Å². The van der Waals surface area contributed by atoms with E-state index in [1.807, 2.05) is 24.3 Å². The number of para-hydroxylation sites is 2. The number of fused-ring (bicyclic) bond motifs is 2. The Morgan fingerprint density at radius 2 is 1.56 bits per heavy atom. The zero-order chi connectivity index (χ0) is 18.2. The van der Waals surface area contributed by atoms with Gasteiger partial charge in [-0.1, -0.05) is 36.4 Å². The lowest BCUT2D eigenvalue weighted by Gasteiger charge is -2.30. The van der Waals surface area contributed by atoms with Crippen LogP contribution in [0.4, 0.5) is 17.2 Å². The lowest BCUT2D eigenvalue weighted by molar-refractivity contribution is 0.0984. The highest BCUT2D eigenvalue weighted by Gasteiger charge is 2.26.